The van der Waals surface area contributed by atoms with E-state index in [1.54, 1.807) is 18.9 Å². The van der Waals surface area contributed by atoms with Crippen molar-refractivity contribution in [2.45, 2.75) is 40.2 Å². The average Bonchev–Trinajstić information content (AvgIpc) is 3.21. The predicted molar refractivity (Wildman–Crippen MR) is 136 cm³/mol. The van der Waals surface area contributed by atoms with Crippen LogP contribution >= 0.6 is 0 Å². The number of esters is 1. The molecule has 1 aromatic heterocycles. The number of carbonyl (C=O) groups is 2. The van der Waals surface area contributed by atoms with E-state index in [4.69, 9.17) is 14.6 Å². The fourth-order valence-corrected chi connectivity index (χ4v) is 4.37. The number of aromatic nitrogens is 2. The molecule has 35 heavy (non-hydrogen) atoms. The number of rotatable bonds is 12. The highest BCUT2D eigenvalue weighted by molar-refractivity contribution is 5.81. The lowest BCUT2D eigenvalue weighted by Crippen LogP contribution is -2.47. The van der Waals surface area contributed by atoms with Gasteiger partial charge >= 0.3 is 5.97 Å². The molecule has 0 saturated carbocycles. The maximum atomic E-state index is 13.1. The molecule has 0 unspecified atom stereocenters. The second-order valence-electron chi connectivity index (χ2n) is 8.67. The second kappa shape index (κ2) is 13.3. The summed E-state index contributed by atoms with van der Waals surface area (Å²) in [6.07, 6.45) is 0.184. The number of aryl methyl sites for hydroxylation is 1. The van der Waals surface area contributed by atoms with E-state index in [2.05, 4.69) is 28.9 Å². The van der Waals surface area contributed by atoms with Gasteiger partial charge in [-0.3, -0.25) is 9.59 Å². The largest absolute Gasteiger partial charge is 0.466 e. The third kappa shape index (κ3) is 7.05. The van der Waals surface area contributed by atoms with Crippen molar-refractivity contribution in [2.24, 2.45) is 0 Å². The fourth-order valence-electron chi connectivity index (χ4n) is 4.37. The normalized spacial score (nSPS) is 14.2. The van der Waals surface area contributed by atoms with E-state index in [1.165, 1.54) is 0 Å². The number of anilines is 1. The van der Waals surface area contributed by atoms with Gasteiger partial charge in [-0.2, -0.15) is 5.10 Å². The van der Waals surface area contributed by atoms with Gasteiger partial charge in [0.1, 0.15) is 5.82 Å². The Morgan fingerprint density at radius 2 is 1.77 bits per heavy atom. The van der Waals surface area contributed by atoms with Gasteiger partial charge in [0, 0.05) is 51.8 Å². The number of benzene rings is 1. The van der Waals surface area contributed by atoms with Gasteiger partial charge in [-0.1, -0.05) is 25.1 Å². The van der Waals surface area contributed by atoms with Crippen molar-refractivity contribution in [1.82, 2.24) is 19.6 Å². The van der Waals surface area contributed by atoms with Crippen LogP contribution in [0.1, 0.15) is 37.9 Å². The quantitative estimate of drug-likeness (QED) is 0.428. The maximum Gasteiger partial charge on any atom is 0.306 e. The summed E-state index contributed by atoms with van der Waals surface area (Å²) in [6.45, 7) is 12.3. The molecule has 1 saturated heterocycles. The summed E-state index contributed by atoms with van der Waals surface area (Å²) in [5.74, 6) is 0.587. The molecular weight excluding hydrogens is 446 g/mol. The number of piperazine rings is 1. The Bertz CT molecular complexity index is 954. The van der Waals surface area contributed by atoms with E-state index in [-0.39, 0.29) is 24.7 Å². The van der Waals surface area contributed by atoms with Crippen LogP contribution in [-0.4, -0.2) is 91.0 Å². The van der Waals surface area contributed by atoms with Crippen molar-refractivity contribution in [2.75, 3.05) is 64.5 Å². The summed E-state index contributed by atoms with van der Waals surface area (Å²) >= 11 is 0. The highest BCUT2D eigenvalue weighted by Crippen LogP contribution is 2.30. The molecule has 2 aromatic rings. The minimum absolute atomic E-state index is 0.0737. The van der Waals surface area contributed by atoms with Gasteiger partial charge < -0.3 is 24.2 Å². The lowest BCUT2D eigenvalue weighted by atomic mass is 10.1. The number of carbonyl (C=O) groups excluding carboxylic acids is 2. The number of ether oxygens (including phenoxy) is 2. The molecule has 3 rings (SSSR count). The van der Waals surface area contributed by atoms with Crippen molar-refractivity contribution in [3.8, 4) is 5.69 Å². The molecule has 0 spiro atoms. The summed E-state index contributed by atoms with van der Waals surface area (Å²) in [5, 5.41) is 4.90. The van der Waals surface area contributed by atoms with Gasteiger partial charge in [0.2, 0.25) is 5.91 Å². The summed E-state index contributed by atoms with van der Waals surface area (Å²) in [7, 11) is 1.62. The molecule has 1 aliphatic rings. The molecule has 9 nitrogen and oxygen atoms in total. The maximum absolute atomic E-state index is 13.1. The van der Waals surface area contributed by atoms with Gasteiger partial charge in [0.25, 0.3) is 0 Å². The Labute approximate surface area is 208 Å². The highest BCUT2D eigenvalue weighted by Gasteiger charge is 2.27. The second-order valence-corrected chi connectivity index (χ2v) is 8.67. The van der Waals surface area contributed by atoms with Crippen molar-refractivity contribution in [3.05, 3.63) is 41.6 Å². The molecule has 1 aromatic carbocycles. The number of hydrogen-bond donors (Lipinski definition) is 0. The molecule has 2 heterocycles. The van der Waals surface area contributed by atoms with Crippen molar-refractivity contribution < 1.29 is 19.1 Å². The number of hydrogen-bond acceptors (Lipinski definition) is 7. The van der Waals surface area contributed by atoms with Crippen LogP contribution in [0, 0.1) is 6.92 Å². The first-order valence-electron chi connectivity index (χ1n) is 12.5. The van der Waals surface area contributed by atoms with E-state index < -0.39 is 0 Å². The van der Waals surface area contributed by atoms with E-state index >= 15 is 0 Å². The SMILES string of the molecule is CCOC(=O)CCC(=O)N(CCOC)Cc1c(C)nn(-c2ccccc2)c1N1CCN(CC)CC1. The van der Waals surface area contributed by atoms with Crippen LogP contribution < -0.4 is 4.90 Å². The summed E-state index contributed by atoms with van der Waals surface area (Å²) in [6, 6.07) is 10.1. The molecule has 0 atom stereocenters. The van der Waals surface area contributed by atoms with Crippen molar-refractivity contribution in [3.63, 3.8) is 0 Å². The van der Waals surface area contributed by atoms with Gasteiger partial charge in [-0.25, -0.2) is 4.68 Å². The molecular formula is C26H39N5O4. The Morgan fingerprint density at radius 1 is 1.06 bits per heavy atom. The van der Waals surface area contributed by atoms with Crippen LogP contribution in [0.15, 0.2) is 30.3 Å². The van der Waals surface area contributed by atoms with Crippen LogP contribution in [0.5, 0.6) is 0 Å². The summed E-state index contributed by atoms with van der Waals surface area (Å²) in [4.78, 5) is 31.6. The Morgan fingerprint density at radius 3 is 2.40 bits per heavy atom. The van der Waals surface area contributed by atoms with E-state index in [0.717, 1.165) is 55.5 Å². The Balaban J connectivity index is 1.91. The van der Waals surface area contributed by atoms with Gasteiger partial charge in [-0.05, 0) is 32.5 Å². The lowest BCUT2D eigenvalue weighted by Gasteiger charge is -2.36. The smallest absolute Gasteiger partial charge is 0.306 e. The zero-order valence-electron chi connectivity index (χ0n) is 21.5. The first-order valence-corrected chi connectivity index (χ1v) is 12.5. The monoisotopic (exact) mass is 485 g/mol. The molecule has 0 N–H and O–H groups in total. The fraction of sp³-hybridized carbons (Fsp3) is 0.577. The zero-order chi connectivity index (χ0) is 25.2. The number of nitrogens with zero attached hydrogens (tertiary/aromatic N) is 5. The third-order valence-electron chi connectivity index (χ3n) is 6.39. The van der Waals surface area contributed by atoms with Crippen LogP contribution in [0.2, 0.25) is 0 Å². The summed E-state index contributed by atoms with van der Waals surface area (Å²) in [5.41, 5.74) is 2.91. The molecule has 0 radical (unpaired) electrons. The molecule has 0 aliphatic carbocycles. The van der Waals surface area contributed by atoms with E-state index in [9.17, 15) is 9.59 Å². The van der Waals surface area contributed by atoms with Crippen molar-refractivity contribution in [1.29, 1.82) is 0 Å². The minimum Gasteiger partial charge on any atom is -0.466 e. The number of likely N-dealkylation sites (N-methyl/N-ethyl adjacent to an activating group) is 1. The Kier molecular flexibility index (Phi) is 10.1. The molecule has 192 valence electrons. The molecule has 1 amide bonds. The number of amides is 1. The first-order chi connectivity index (χ1) is 17.0. The summed E-state index contributed by atoms with van der Waals surface area (Å²) < 4.78 is 12.3. The lowest BCUT2D eigenvalue weighted by molar-refractivity contribution is -0.145. The van der Waals surface area contributed by atoms with Crippen LogP contribution in [0.4, 0.5) is 5.82 Å². The highest BCUT2D eigenvalue weighted by atomic mass is 16.5. The van der Waals surface area contributed by atoms with Gasteiger partial charge in [0.05, 0.1) is 37.6 Å². The van der Waals surface area contributed by atoms with Crippen LogP contribution in [-0.2, 0) is 25.6 Å². The Hall–Kier alpha value is -2.91. The number of methoxy groups -OCH3 is 1. The van der Waals surface area contributed by atoms with E-state index in [0.29, 0.717) is 26.3 Å². The predicted octanol–water partition coefficient (Wildman–Crippen LogP) is 2.64. The topological polar surface area (TPSA) is 80.1 Å². The van der Waals surface area contributed by atoms with Gasteiger partial charge in [0.15, 0.2) is 0 Å². The minimum atomic E-state index is -0.352. The third-order valence-corrected chi connectivity index (χ3v) is 6.39. The van der Waals surface area contributed by atoms with Crippen molar-refractivity contribution >= 4 is 17.7 Å². The van der Waals surface area contributed by atoms with Crippen LogP contribution in [0.25, 0.3) is 5.69 Å². The number of para-hydroxylation sites is 1. The molecule has 0 bridgehead atoms. The molecule has 1 aliphatic heterocycles. The zero-order valence-corrected chi connectivity index (χ0v) is 21.5. The van der Waals surface area contributed by atoms with E-state index in [1.807, 2.05) is 29.8 Å². The molecule has 9 heteroatoms. The molecule has 1 fully saturated rings. The average molecular weight is 486 g/mol. The first kappa shape index (κ1) is 26.7. The van der Waals surface area contributed by atoms with Crippen LogP contribution in [0.3, 0.4) is 0 Å². The van der Waals surface area contributed by atoms with Gasteiger partial charge in [-0.15, -0.1) is 0 Å². The standard InChI is InChI=1S/C26H39N5O4/c1-5-28-14-16-29(17-15-28)26-23(21(3)27-31(26)22-10-8-7-9-11-22)20-30(18-19-34-4)24(32)12-13-25(33)35-6-2/h7-11H,5-6,12-20H2,1-4H3.